The summed E-state index contributed by atoms with van der Waals surface area (Å²) in [6, 6.07) is 3.13. The van der Waals surface area contributed by atoms with Crippen LogP contribution in [0.25, 0.3) is 6.08 Å². The summed E-state index contributed by atoms with van der Waals surface area (Å²) in [5.74, 6) is -2.34. The summed E-state index contributed by atoms with van der Waals surface area (Å²) < 4.78 is 13.3. The van der Waals surface area contributed by atoms with Crippen LogP contribution in [-0.2, 0) is 9.59 Å². The molecule has 4 nitrogen and oxygen atoms in total. The number of carboxylic acid groups (broad SMARTS) is 1. The first-order valence-electron chi connectivity index (χ1n) is 5.07. The molecule has 1 aromatic carbocycles. The molecule has 18 heavy (non-hydrogen) atoms. The Balaban J connectivity index is 2.75. The number of hydrogen-bond donors (Lipinski definition) is 2. The van der Waals surface area contributed by atoms with Gasteiger partial charge in [0.15, 0.2) is 0 Å². The lowest BCUT2D eigenvalue weighted by Gasteiger charge is -2.06. The van der Waals surface area contributed by atoms with Gasteiger partial charge in [0.05, 0.1) is 5.02 Å². The molecule has 0 fully saturated rings. The molecule has 1 rings (SSSR count). The van der Waals surface area contributed by atoms with Crippen LogP contribution >= 0.6 is 11.6 Å². The molecule has 0 radical (unpaired) electrons. The molecule has 0 unspecified atom stereocenters. The van der Waals surface area contributed by atoms with Crippen molar-refractivity contribution in [3.63, 3.8) is 0 Å². The number of halogens is 2. The predicted octanol–water partition coefficient (Wildman–Crippen LogP) is 2.08. The van der Waals surface area contributed by atoms with E-state index in [0.717, 1.165) is 6.08 Å². The number of carbonyl (C=O) groups is 2. The van der Waals surface area contributed by atoms with Gasteiger partial charge in [0.2, 0.25) is 5.91 Å². The zero-order valence-electron chi connectivity index (χ0n) is 9.48. The summed E-state index contributed by atoms with van der Waals surface area (Å²) in [5.41, 5.74) is 0.0808. The van der Waals surface area contributed by atoms with E-state index in [-0.39, 0.29) is 10.6 Å². The SMILES string of the molecule is C[C@@H](NC(=O)C=Cc1c(F)cccc1Cl)C(=O)O. The van der Waals surface area contributed by atoms with Gasteiger partial charge in [0.25, 0.3) is 0 Å². The van der Waals surface area contributed by atoms with Gasteiger partial charge in [-0.3, -0.25) is 9.59 Å². The number of carboxylic acids is 1. The first-order chi connectivity index (χ1) is 8.41. The minimum Gasteiger partial charge on any atom is -0.480 e. The summed E-state index contributed by atoms with van der Waals surface area (Å²) in [6.45, 7) is 1.32. The molecule has 2 N–H and O–H groups in total. The summed E-state index contributed by atoms with van der Waals surface area (Å²) in [4.78, 5) is 21.8. The van der Waals surface area contributed by atoms with Gasteiger partial charge in [-0.15, -0.1) is 0 Å². The number of carbonyl (C=O) groups excluding carboxylic acids is 1. The lowest BCUT2D eigenvalue weighted by atomic mass is 10.2. The van der Waals surface area contributed by atoms with Crippen LogP contribution in [0.5, 0.6) is 0 Å². The van der Waals surface area contributed by atoms with Crippen molar-refractivity contribution in [1.82, 2.24) is 5.32 Å². The average Bonchev–Trinajstić information content (AvgIpc) is 2.28. The maximum Gasteiger partial charge on any atom is 0.325 e. The van der Waals surface area contributed by atoms with Crippen molar-refractivity contribution in [2.24, 2.45) is 0 Å². The smallest absolute Gasteiger partial charge is 0.325 e. The van der Waals surface area contributed by atoms with Gasteiger partial charge in [-0.25, -0.2) is 4.39 Å². The van der Waals surface area contributed by atoms with Gasteiger partial charge in [0.1, 0.15) is 11.9 Å². The van der Waals surface area contributed by atoms with Crippen molar-refractivity contribution in [2.45, 2.75) is 13.0 Å². The fourth-order valence-corrected chi connectivity index (χ4v) is 1.38. The van der Waals surface area contributed by atoms with Crippen LogP contribution in [0.1, 0.15) is 12.5 Å². The highest BCUT2D eigenvalue weighted by atomic mass is 35.5. The minimum atomic E-state index is -1.15. The summed E-state index contributed by atoms with van der Waals surface area (Å²) >= 11 is 5.75. The molecule has 0 heterocycles. The molecule has 1 atom stereocenters. The maximum absolute atomic E-state index is 13.3. The Labute approximate surface area is 108 Å². The van der Waals surface area contributed by atoms with Crippen molar-refractivity contribution >= 4 is 29.6 Å². The van der Waals surface area contributed by atoms with E-state index in [1.807, 2.05) is 0 Å². The molecule has 1 aromatic rings. The second-order valence-electron chi connectivity index (χ2n) is 3.54. The summed E-state index contributed by atoms with van der Waals surface area (Å²) in [6.07, 6.45) is 2.23. The highest BCUT2D eigenvalue weighted by molar-refractivity contribution is 6.32. The normalized spacial score (nSPS) is 12.4. The molecule has 0 saturated carbocycles. The van der Waals surface area contributed by atoms with Crippen molar-refractivity contribution in [1.29, 1.82) is 0 Å². The van der Waals surface area contributed by atoms with E-state index in [1.54, 1.807) is 0 Å². The van der Waals surface area contributed by atoms with Crippen LogP contribution in [0, 0.1) is 5.82 Å². The molecule has 1 amide bonds. The van der Waals surface area contributed by atoms with Crippen LogP contribution in [0.2, 0.25) is 5.02 Å². The van der Waals surface area contributed by atoms with Crippen LogP contribution in [0.4, 0.5) is 4.39 Å². The molecule has 0 bridgehead atoms. The van der Waals surface area contributed by atoms with Gasteiger partial charge in [-0.1, -0.05) is 17.7 Å². The number of rotatable bonds is 4. The van der Waals surface area contributed by atoms with Gasteiger partial charge in [0, 0.05) is 11.6 Å². The van der Waals surface area contributed by atoms with E-state index in [9.17, 15) is 14.0 Å². The number of benzene rings is 1. The van der Waals surface area contributed by atoms with Crippen molar-refractivity contribution < 1.29 is 19.1 Å². The number of nitrogens with one attached hydrogen (secondary N) is 1. The molecule has 0 aliphatic rings. The molecule has 6 heteroatoms. The van der Waals surface area contributed by atoms with Gasteiger partial charge in [-0.2, -0.15) is 0 Å². The predicted molar refractivity (Wildman–Crippen MR) is 65.7 cm³/mol. The average molecular weight is 272 g/mol. The van der Waals surface area contributed by atoms with Gasteiger partial charge < -0.3 is 10.4 Å². The first-order valence-corrected chi connectivity index (χ1v) is 5.45. The number of aliphatic carboxylic acids is 1. The van der Waals surface area contributed by atoms with Crippen LogP contribution in [0.3, 0.4) is 0 Å². The molecule has 0 aliphatic heterocycles. The van der Waals surface area contributed by atoms with Crippen molar-refractivity contribution in [2.75, 3.05) is 0 Å². The fraction of sp³-hybridized carbons (Fsp3) is 0.167. The second kappa shape index (κ2) is 6.16. The summed E-state index contributed by atoms with van der Waals surface area (Å²) in [5, 5.41) is 11.0. The minimum absolute atomic E-state index is 0.0808. The Hall–Kier alpha value is -1.88. The molecule has 0 aliphatic carbocycles. The van der Waals surface area contributed by atoms with Crippen molar-refractivity contribution in [3.8, 4) is 0 Å². The molecular formula is C12H11ClFNO3. The zero-order valence-corrected chi connectivity index (χ0v) is 10.2. The van der Waals surface area contributed by atoms with E-state index >= 15 is 0 Å². The third-order valence-corrected chi connectivity index (χ3v) is 2.46. The monoisotopic (exact) mass is 271 g/mol. The lowest BCUT2D eigenvalue weighted by Crippen LogP contribution is -2.37. The van der Waals surface area contributed by atoms with Crippen LogP contribution in [-0.4, -0.2) is 23.0 Å². The quantitative estimate of drug-likeness (QED) is 0.824. The van der Waals surface area contributed by atoms with Crippen LogP contribution < -0.4 is 5.32 Å². The second-order valence-corrected chi connectivity index (χ2v) is 3.94. The fourth-order valence-electron chi connectivity index (χ4n) is 1.15. The van der Waals surface area contributed by atoms with E-state index < -0.39 is 23.7 Å². The van der Waals surface area contributed by atoms with E-state index in [0.29, 0.717) is 0 Å². The topological polar surface area (TPSA) is 66.4 Å². The zero-order chi connectivity index (χ0) is 13.7. The van der Waals surface area contributed by atoms with E-state index in [1.165, 1.54) is 31.2 Å². The first kappa shape index (κ1) is 14.2. The van der Waals surface area contributed by atoms with E-state index in [2.05, 4.69) is 5.32 Å². The molecular weight excluding hydrogens is 261 g/mol. The Morgan fingerprint density at radius 3 is 2.72 bits per heavy atom. The maximum atomic E-state index is 13.3. The Morgan fingerprint density at radius 2 is 2.17 bits per heavy atom. The Bertz CT molecular complexity index is 482. The number of hydrogen-bond acceptors (Lipinski definition) is 2. The molecule has 0 spiro atoms. The standard InChI is InChI=1S/C12H11ClFNO3/c1-7(12(17)18)15-11(16)6-5-8-9(13)3-2-4-10(8)14/h2-7H,1H3,(H,15,16)(H,17,18)/t7-/m1/s1. The molecule has 96 valence electrons. The van der Waals surface area contributed by atoms with E-state index in [4.69, 9.17) is 16.7 Å². The van der Waals surface area contributed by atoms with Crippen molar-refractivity contribution in [3.05, 3.63) is 40.7 Å². The molecule has 0 aromatic heterocycles. The third-order valence-electron chi connectivity index (χ3n) is 2.13. The van der Waals surface area contributed by atoms with Gasteiger partial charge >= 0.3 is 5.97 Å². The summed E-state index contributed by atoms with van der Waals surface area (Å²) in [7, 11) is 0. The Kier molecular flexibility index (Phi) is 4.85. The largest absolute Gasteiger partial charge is 0.480 e. The van der Waals surface area contributed by atoms with Crippen LogP contribution in [0.15, 0.2) is 24.3 Å². The highest BCUT2D eigenvalue weighted by Gasteiger charge is 2.12. The third kappa shape index (κ3) is 3.85. The van der Waals surface area contributed by atoms with Gasteiger partial charge in [-0.05, 0) is 25.1 Å². The number of amides is 1. The molecule has 0 saturated heterocycles. The highest BCUT2D eigenvalue weighted by Crippen LogP contribution is 2.20. The Morgan fingerprint density at radius 1 is 1.50 bits per heavy atom. The lowest BCUT2D eigenvalue weighted by molar-refractivity contribution is -0.140.